The highest BCUT2D eigenvalue weighted by atomic mass is 19.4. The Morgan fingerprint density at radius 1 is 0.527 bits per heavy atom. The molecule has 0 saturated heterocycles. The minimum absolute atomic E-state index is 0.0672. The Bertz CT molecular complexity index is 1350. The van der Waals surface area contributed by atoms with Gasteiger partial charge in [-0.2, -0.15) is 87.8 Å². The second-order valence-electron chi connectivity index (χ2n) is 12.6. The number of carboxylic acid groups (broad SMARTS) is 2. The summed E-state index contributed by atoms with van der Waals surface area (Å²) >= 11 is 0. The summed E-state index contributed by atoms with van der Waals surface area (Å²) in [5.41, 5.74) is -7.63. The fourth-order valence-electron chi connectivity index (χ4n) is 5.03. The summed E-state index contributed by atoms with van der Waals surface area (Å²) in [7, 11) is 0. The zero-order valence-electron chi connectivity index (χ0n) is 27.0. The lowest BCUT2D eigenvalue weighted by Crippen LogP contribution is -2.70. The van der Waals surface area contributed by atoms with E-state index in [2.05, 4.69) is 0 Å². The van der Waals surface area contributed by atoms with Crippen LogP contribution in [0.4, 0.5) is 115 Å². The molecule has 0 saturated carbocycles. The fraction of sp³-hybridized carbons (Fsp3) is 0.920. The van der Waals surface area contributed by atoms with Crippen LogP contribution in [-0.4, -0.2) is 107 Å². The minimum Gasteiger partial charge on any atom is -0.465 e. The number of nitrogens with one attached hydrogen (secondary N) is 2. The lowest BCUT2D eigenvalue weighted by molar-refractivity contribution is -0.417. The third-order valence-corrected chi connectivity index (χ3v) is 8.73. The molecule has 2 amide bonds. The van der Waals surface area contributed by atoms with Crippen LogP contribution in [0.5, 0.6) is 0 Å². The van der Waals surface area contributed by atoms with Gasteiger partial charge in [0.05, 0.1) is 0 Å². The summed E-state index contributed by atoms with van der Waals surface area (Å²) in [4.78, 5) is 22.1. The van der Waals surface area contributed by atoms with Gasteiger partial charge in [-0.3, -0.25) is 0 Å². The Morgan fingerprint density at radius 3 is 1.18 bits per heavy atom. The van der Waals surface area contributed by atoms with Gasteiger partial charge in [-0.15, -0.1) is 0 Å². The number of hydrogen-bond acceptors (Lipinski definition) is 2. The Labute approximate surface area is 290 Å². The van der Waals surface area contributed by atoms with Crippen molar-refractivity contribution < 1.29 is 125 Å². The largest absolute Gasteiger partial charge is 0.465 e. The van der Waals surface area contributed by atoms with E-state index in [0.717, 1.165) is 5.32 Å². The number of amides is 2. The lowest BCUT2D eigenvalue weighted by Gasteiger charge is -2.52. The third-order valence-electron chi connectivity index (χ3n) is 8.73. The van der Waals surface area contributed by atoms with Crippen molar-refractivity contribution in [3.63, 3.8) is 0 Å². The molecular weight excluding hydrogens is 848 g/mol. The van der Waals surface area contributed by atoms with Crippen molar-refractivity contribution in [3.05, 3.63) is 0 Å². The van der Waals surface area contributed by atoms with E-state index >= 15 is 17.6 Å². The van der Waals surface area contributed by atoms with E-state index in [0.29, 0.717) is 0 Å². The normalized spacial score (nSPS) is 17.0. The predicted molar refractivity (Wildman–Crippen MR) is 133 cm³/mol. The molecule has 0 aromatic rings. The summed E-state index contributed by atoms with van der Waals surface area (Å²) in [5, 5.41) is 20.1. The van der Waals surface area contributed by atoms with Gasteiger partial charge in [0.25, 0.3) is 0 Å². The van der Waals surface area contributed by atoms with Gasteiger partial charge in [0.1, 0.15) is 0 Å². The number of carbonyl (C=O) groups is 2. The molecule has 0 aliphatic heterocycles. The van der Waals surface area contributed by atoms with E-state index in [1.807, 2.05) is 0 Å². The van der Waals surface area contributed by atoms with E-state index in [1.165, 1.54) is 5.32 Å². The summed E-state index contributed by atoms with van der Waals surface area (Å²) in [5.74, 6) is -82.5. The van der Waals surface area contributed by atoms with E-state index in [-0.39, 0.29) is 20.8 Å². The molecule has 328 valence electrons. The van der Waals surface area contributed by atoms with Crippen LogP contribution in [0.25, 0.3) is 0 Å². The van der Waals surface area contributed by atoms with Crippen LogP contribution in [0, 0.1) is 11.3 Å². The molecule has 2 unspecified atom stereocenters. The molecule has 0 aromatic heterocycles. The first kappa shape index (κ1) is 51.9. The van der Waals surface area contributed by atoms with Crippen LogP contribution >= 0.6 is 0 Å². The maximum atomic E-state index is 15.3. The van der Waals surface area contributed by atoms with Gasteiger partial charge in [0.2, 0.25) is 0 Å². The summed E-state index contributed by atoms with van der Waals surface area (Å²) < 4.78 is 335. The molecule has 0 aliphatic carbocycles. The molecule has 0 rings (SSSR count). The first-order chi connectivity index (χ1) is 23.8. The zero-order valence-corrected chi connectivity index (χ0v) is 27.0. The summed E-state index contributed by atoms with van der Waals surface area (Å²) in [6.07, 6.45) is -27.2. The molecule has 0 aliphatic rings. The highest BCUT2D eigenvalue weighted by Gasteiger charge is 2.89. The van der Waals surface area contributed by atoms with Gasteiger partial charge in [0, 0.05) is 24.9 Å². The van der Waals surface area contributed by atoms with E-state index in [9.17, 15) is 97.4 Å². The van der Waals surface area contributed by atoms with Gasteiger partial charge in [-0.05, 0) is 38.0 Å². The molecule has 2 atom stereocenters. The highest BCUT2D eigenvalue weighted by molar-refractivity contribution is 5.65. The van der Waals surface area contributed by atoms with Gasteiger partial charge in [-0.1, -0.05) is 6.92 Å². The second-order valence-corrected chi connectivity index (χ2v) is 12.6. The standard InChI is InChI=1S/C25H26F24N2O4/c1-14(2,51-13(54)55)15(3,8-17(32,33)21(40,41)25(48,49)23(44,45)19(36,37)11(28)29)9(5-4-6-50-12(52)53)7-16(30,31)20(38,39)24(46,47)22(42,43)18(34,35)10(26)27/h9-11,50-51H,4-8H2,1-3H3,(H,52,53)(H,54,55). The van der Waals surface area contributed by atoms with E-state index in [4.69, 9.17) is 10.2 Å². The Hall–Kier alpha value is -3.14. The molecule has 0 heterocycles. The molecule has 6 nitrogen and oxygen atoms in total. The topological polar surface area (TPSA) is 98.7 Å². The molecule has 30 heteroatoms. The SMILES string of the molecule is CC(C)(NC(=O)O)C(C)(CC(F)(F)C(F)(F)C(F)(F)C(F)(F)C(F)(F)C(F)F)C(CCCNC(=O)O)CC(F)(F)C(F)(F)C(F)(F)C(F)(F)C(F)(F)C(F)F. The van der Waals surface area contributed by atoms with Crippen molar-refractivity contribution in [2.45, 2.75) is 124 Å². The van der Waals surface area contributed by atoms with Gasteiger partial charge in [-0.25, -0.2) is 27.2 Å². The summed E-state index contributed by atoms with van der Waals surface area (Å²) in [6.45, 7) is -1.40. The molecule has 4 N–H and O–H groups in total. The van der Waals surface area contributed by atoms with Crippen molar-refractivity contribution in [1.29, 1.82) is 0 Å². The number of alkyl halides is 24. The van der Waals surface area contributed by atoms with Crippen LogP contribution < -0.4 is 10.6 Å². The lowest BCUT2D eigenvalue weighted by atomic mass is 9.58. The van der Waals surface area contributed by atoms with Crippen molar-refractivity contribution in [2.75, 3.05) is 6.54 Å². The second kappa shape index (κ2) is 15.3. The summed E-state index contributed by atoms with van der Waals surface area (Å²) in [6, 6.07) is 0. The molecule has 0 aromatic carbocycles. The maximum absolute atomic E-state index is 15.3. The third kappa shape index (κ3) is 8.59. The Balaban J connectivity index is 7.98. The molecule has 0 radical (unpaired) electrons. The smallest absolute Gasteiger partial charge is 0.405 e. The maximum Gasteiger partial charge on any atom is 0.405 e. The molecule has 55 heavy (non-hydrogen) atoms. The van der Waals surface area contributed by atoms with Crippen molar-refractivity contribution >= 4 is 12.2 Å². The highest BCUT2D eigenvalue weighted by Crippen LogP contribution is 2.64. The predicted octanol–water partition coefficient (Wildman–Crippen LogP) is 10.4. The Morgan fingerprint density at radius 2 is 0.873 bits per heavy atom. The van der Waals surface area contributed by atoms with Crippen molar-refractivity contribution in [3.8, 4) is 0 Å². The monoisotopic (exact) mass is 874 g/mol. The van der Waals surface area contributed by atoms with Crippen molar-refractivity contribution in [1.82, 2.24) is 10.6 Å². The zero-order chi connectivity index (χ0) is 44.8. The number of halogens is 24. The van der Waals surface area contributed by atoms with E-state index in [1.54, 1.807) is 0 Å². The average molecular weight is 874 g/mol. The molecular formula is C25H26F24N2O4. The van der Waals surface area contributed by atoms with Crippen LogP contribution in [0.15, 0.2) is 0 Å². The van der Waals surface area contributed by atoms with Crippen LogP contribution in [0.1, 0.15) is 46.5 Å². The molecule has 0 spiro atoms. The van der Waals surface area contributed by atoms with Crippen molar-refractivity contribution in [2.24, 2.45) is 11.3 Å². The minimum atomic E-state index is -8.35. The van der Waals surface area contributed by atoms with Gasteiger partial charge < -0.3 is 20.8 Å². The molecule has 0 bridgehead atoms. The first-order valence-corrected chi connectivity index (χ1v) is 14.1. The molecule has 0 fully saturated rings. The quantitative estimate of drug-likeness (QED) is 0.0682. The fourth-order valence-corrected chi connectivity index (χ4v) is 5.03. The van der Waals surface area contributed by atoms with Crippen LogP contribution in [-0.2, 0) is 0 Å². The van der Waals surface area contributed by atoms with Crippen LogP contribution in [0.3, 0.4) is 0 Å². The van der Waals surface area contributed by atoms with Gasteiger partial charge in [0.15, 0.2) is 0 Å². The average Bonchev–Trinajstić information content (AvgIpc) is 2.96. The van der Waals surface area contributed by atoms with Gasteiger partial charge >= 0.3 is 84.3 Å². The van der Waals surface area contributed by atoms with Crippen LogP contribution in [0.2, 0.25) is 0 Å². The number of hydrogen-bond donors (Lipinski definition) is 4. The van der Waals surface area contributed by atoms with E-state index < -0.39 is 133 Å². The Kier molecular flexibility index (Phi) is 14.4. The first-order valence-electron chi connectivity index (χ1n) is 14.1. The number of rotatable bonds is 21.